The first-order valence-corrected chi connectivity index (χ1v) is 8.49. The molecule has 1 atom stereocenters. The van der Waals surface area contributed by atoms with Crippen molar-refractivity contribution in [2.75, 3.05) is 32.7 Å². The lowest BCUT2D eigenvalue weighted by atomic mass is 10.2. The molecule has 1 aliphatic rings. The predicted octanol–water partition coefficient (Wildman–Crippen LogP) is 2.59. The molecule has 2 heterocycles. The Balaban J connectivity index is 1.75. The third kappa shape index (κ3) is 5.95. The van der Waals surface area contributed by atoms with Gasteiger partial charge in [0.05, 0.1) is 10.4 Å². The van der Waals surface area contributed by atoms with Gasteiger partial charge in [0.2, 0.25) is 5.91 Å². The van der Waals surface area contributed by atoms with E-state index in [4.69, 9.17) is 11.6 Å². The lowest BCUT2D eigenvalue weighted by molar-refractivity contribution is -0.141. The second-order valence-corrected chi connectivity index (χ2v) is 7.33. The van der Waals surface area contributed by atoms with Gasteiger partial charge >= 0.3 is 6.18 Å². The fourth-order valence-corrected chi connectivity index (χ4v) is 3.60. The Kier molecular flexibility index (Phi) is 6.30. The first kappa shape index (κ1) is 18.5. The zero-order valence-corrected chi connectivity index (χ0v) is 14.3. The molecular formula is C14H19ClF3N3OS. The van der Waals surface area contributed by atoms with Gasteiger partial charge in [0.25, 0.3) is 0 Å². The lowest BCUT2D eigenvalue weighted by Gasteiger charge is -2.37. The molecule has 0 radical (unpaired) electrons. The SMILES string of the molecule is C[C@H](C(=O)NCC(F)(F)F)N1CCN(Cc2ccc(Cl)s2)CC1. The Bertz CT molecular complexity index is 530. The first-order chi connectivity index (χ1) is 10.7. The zero-order valence-electron chi connectivity index (χ0n) is 12.7. The number of rotatable bonds is 5. The molecule has 0 bridgehead atoms. The van der Waals surface area contributed by atoms with Crippen LogP contribution in [0.3, 0.4) is 0 Å². The lowest BCUT2D eigenvalue weighted by Crippen LogP contribution is -2.54. The number of halogens is 4. The largest absolute Gasteiger partial charge is 0.405 e. The number of nitrogens with zero attached hydrogens (tertiary/aromatic N) is 2. The molecule has 1 aromatic heterocycles. The topological polar surface area (TPSA) is 35.6 Å². The van der Waals surface area contributed by atoms with Crippen molar-refractivity contribution in [2.45, 2.75) is 25.7 Å². The van der Waals surface area contributed by atoms with Crippen LogP contribution >= 0.6 is 22.9 Å². The monoisotopic (exact) mass is 369 g/mol. The Labute approximate surface area is 142 Å². The molecule has 0 saturated carbocycles. The van der Waals surface area contributed by atoms with Gasteiger partial charge in [0, 0.05) is 37.6 Å². The molecule has 0 aromatic carbocycles. The molecule has 0 aliphatic carbocycles. The second kappa shape index (κ2) is 7.83. The van der Waals surface area contributed by atoms with Gasteiger partial charge in [-0.1, -0.05) is 11.6 Å². The number of carbonyl (C=O) groups excluding carboxylic acids is 1. The van der Waals surface area contributed by atoms with Crippen molar-refractivity contribution >= 4 is 28.8 Å². The van der Waals surface area contributed by atoms with Gasteiger partial charge in [-0.15, -0.1) is 11.3 Å². The third-order valence-corrected chi connectivity index (χ3v) is 5.02. The maximum absolute atomic E-state index is 12.1. The van der Waals surface area contributed by atoms with E-state index >= 15 is 0 Å². The molecule has 4 nitrogen and oxygen atoms in total. The normalized spacial score (nSPS) is 18.8. The summed E-state index contributed by atoms with van der Waals surface area (Å²) in [6.45, 7) is 4.01. The number of alkyl halides is 3. The van der Waals surface area contributed by atoms with E-state index < -0.39 is 24.7 Å². The highest BCUT2D eigenvalue weighted by molar-refractivity contribution is 7.16. The van der Waals surface area contributed by atoms with E-state index in [2.05, 4.69) is 4.90 Å². The van der Waals surface area contributed by atoms with Crippen LogP contribution in [0.15, 0.2) is 12.1 Å². The quantitative estimate of drug-likeness (QED) is 0.866. The first-order valence-electron chi connectivity index (χ1n) is 7.30. The van der Waals surface area contributed by atoms with Gasteiger partial charge in [-0.05, 0) is 19.1 Å². The van der Waals surface area contributed by atoms with E-state index in [1.54, 1.807) is 18.3 Å². The predicted molar refractivity (Wildman–Crippen MR) is 84.7 cm³/mol. The van der Waals surface area contributed by atoms with Crippen LogP contribution in [0.5, 0.6) is 0 Å². The summed E-state index contributed by atoms with van der Waals surface area (Å²) in [4.78, 5) is 17.1. The Morgan fingerprint density at radius 2 is 2.00 bits per heavy atom. The number of carbonyl (C=O) groups is 1. The van der Waals surface area contributed by atoms with E-state index in [0.717, 1.165) is 24.0 Å². The van der Waals surface area contributed by atoms with Gasteiger partial charge in [0.15, 0.2) is 0 Å². The van der Waals surface area contributed by atoms with Crippen LogP contribution in [0.2, 0.25) is 4.34 Å². The maximum atomic E-state index is 12.1. The average Bonchev–Trinajstić information content (AvgIpc) is 2.89. The number of hydrogen-bond donors (Lipinski definition) is 1. The fourth-order valence-electron chi connectivity index (χ4n) is 2.47. The molecule has 9 heteroatoms. The number of thiophene rings is 1. The maximum Gasteiger partial charge on any atom is 0.405 e. The third-order valence-electron chi connectivity index (χ3n) is 3.81. The minimum atomic E-state index is -4.38. The van der Waals surface area contributed by atoms with Crippen molar-refractivity contribution < 1.29 is 18.0 Å². The molecule has 23 heavy (non-hydrogen) atoms. The molecule has 2 rings (SSSR count). The van der Waals surface area contributed by atoms with Crippen molar-refractivity contribution in [3.05, 3.63) is 21.3 Å². The van der Waals surface area contributed by atoms with Crippen LogP contribution < -0.4 is 5.32 Å². The van der Waals surface area contributed by atoms with Crippen molar-refractivity contribution in [3.63, 3.8) is 0 Å². The Hall–Kier alpha value is -0.830. The van der Waals surface area contributed by atoms with Crippen molar-refractivity contribution in [3.8, 4) is 0 Å². The van der Waals surface area contributed by atoms with Gasteiger partial charge in [-0.3, -0.25) is 14.6 Å². The summed E-state index contributed by atoms with van der Waals surface area (Å²) in [5.41, 5.74) is 0. The van der Waals surface area contributed by atoms with Gasteiger partial charge in [-0.25, -0.2) is 0 Å². The zero-order chi connectivity index (χ0) is 17.0. The Morgan fingerprint density at radius 1 is 1.35 bits per heavy atom. The smallest absolute Gasteiger partial charge is 0.346 e. The minimum Gasteiger partial charge on any atom is -0.346 e. The van der Waals surface area contributed by atoms with E-state index in [9.17, 15) is 18.0 Å². The molecule has 1 saturated heterocycles. The summed E-state index contributed by atoms with van der Waals surface area (Å²) < 4.78 is 37.2. The molecule has 1 fully saturated rings. The summed E-state index contributed by atoms with van der Waals surface area (Å²) in [6.07, 6.45) is -4.38. The van der Waals surface area contributed by atoms with Gasteiger partial charge in [-0.2, -0.15) is 13.2 Å². The van der Waals surface area contributed by atoms with Crippen molar-refractivity contribution in [1.82, 2.24) is 15.1 Å². The summed E-state index contributed by atoms with van der Waals surface area (Å²) in [5, 5.41) is 1.94. The van der Waals surface area contributed by atoms with E-state index in [-0.39, 0.29) is 0 Å². The van der Waals surface area contributed by atoms with E-state index in [0.29, 0.717) is 13.1 Å². The van der Waals surface area contributed by atoms with E-state index in [1.807, 2.05) is 22.3 Å². The van der Waals surface area contributed by atoms with Crippen LogP contribution in [0, 0.1) is 0 Å². The molecule has 0 unspecified atom stereocenters. The van der Waals surface area contributed by atoms with E-state index in [1.165, 1.54) is 4.88 Å². The van der Waals surface area contributed by atoms with Crippen LogP contribution in [0.4, 0.5) is 13.2 Å². The van der Waals surface area contributed by atoms with Gasteiger partial charge in [0.1, 0.15) is 6.54 Å². The van der Waals surface area contributed by atoms with Crippen molar-refractivity contribution in [2.24, 2.45) is 0 Å². The fraction of sp³-hybridized carbons (Fsp3) is 0.643. The highest BCUT2D eigenvalue weighted by Crippen LogP contribution is 2.23. The second-order valence-electron chi connectivity index (χ2n) is 5.53. The molecular weight excluding hydrogens is 351 g/mol. The highest BCUT2D eigenvalue weighted by Gasteiger charge is 2.31. The molecule has 130 valence electrons. The van der Waals surface area contributed by atoms with Crippen LogP contribution in [0.25, 0.3) is 0 Å². The summed E-state index contributed by atoms with van der Waals surface area (Å²) in [7, 11) is 0. The number of amides is 1. The van der Waals surface area contributed by atoms with Gasteiger partial charge < -0.3 is 5.32 Å². The van der Waals surface area contributed by atoms with Crippen LogP contribution in [-0.2, 0) is 11.3 Å². The number of piperazine rings is 1. The highest BCUT2D eigenvalue weighted by atomic mass is 35.5. The molecule has 1 aromatic rings. The molecule has 0 spiro atoms. The molecule has 1 amide bonds. The molecule has 1 aliphatic heterocycles. The number of nitrogens with one attached hydrogen (secondary N) is 1. The summed E-state index contributed by atoms with van der Waals surface area (Å²) >= 11 is 7.45. The minimum absolute atomic E-state index is 0.560. The molecule has 1 N–H and O–H groups in total. The summed E-state index contributed by atoms with van der Waals surface area (Å²) in [6, 6.07) is 3.30. The number of hydrogen-bond acceptors (Lipinski definition) is 4. The van der Waals surface area contributed by atoms with Crippen molar-refractivity contribution in [1.29, 1.82) is 0 Å². The Morgan fingerprint density at radius 3 is 2.52 bits per heavy atom. The average molecular weight is 370 g/mol. The van der Waals surface area contributed by atoms with Crippen LogP contribution in [0.1, 0.15) is 11.8 Å². The van der Waals surface area contributed by atoms with Crippen LogP contribution in [-0.4, -0.2) is 60.6 Å². The summed E-state index contributed by atoms with van der Waals surface area (Å²) in [5.74, 6) is -0.583. The standard InChI is InChI=1S/C14H19ClF3N3OS/c1-10(13(22)19-9-14(16,17)18)21-6-4-20(5-7-21)8-11-2-3-12(15)23-11/h2-3,10H,4-9H2,1H3,(H,19,22)/t10-/m1/s1.